The summed E-state index contributed by atoms with van der Waals surface area (Å²) in [5.41, 5.74) is 0. The van der Waals surface area contributed by atoms with E-state index in [1.165, 1.54) is 32.1 Å². The van der Waals surface area contributed by atoms with Crippen molar-refractivity contribution in [2.24, 2.45) is 4.99 Å². The Labute approximate surface area is 289 Å². The van der Waals surface area contributed by atoms with Crippen LogP contribution in [-0.2, 0) is 14.4 Å². The number of aliphatic imine (C=N–C) groups is 1. The molecule has 0 saturated carbocycles. The summed E-state index contributed by atoms with van der Waals surface area (Å²) in [4.78, 5) is 40.2. The molecule has 0 unspecified atom stereocenters. The smallest absolute Gasteiger partial charge is 0.862 e. The minimum atomic E-state index is -1.16. The summed E-state index contributed by atoms with van der Waals surface area (Å²) in [6.45, 7) is 6.73. The molecular formula is C30H58CaN4O8. The number of nitrogens with one attached hydrogen (secondary N) is 1. The van der Waals surface area contributed by atoms with Crippen molar-refractivity contribution in [1.82, 2.24) is 15.1 Å². The van der Waals surface area contributed by atoms with Crippen molar-refractivity contribution in [3.63, 3.8) is 0 Å². The summed E-state index contributed by atoms with van der Waals surface area (Å²) < 4.78 is 0. The maximum absolute atomic E-state index is 11.6. The summed E-state index contributed by atoms with van der Waals surface area (Å²) in [6, 6.07) is 0. The fraction of sp³-hybridized carbons (Fsp3) is 0.867. The Bertz CT molecular complexity index is 701. The van der Waals surface area contributed by atoms with Gasteiger partial charge in [-0.1, -0.05) is 65.2 Å². The molecule has 0 saturated heterocycles. The first kappa shape index (κ1) is 46.4. The van der Waals surface area contributed by atoms with Gasteiger partial charge in [0.1, 0.15) is 0 Å². The fourth-order valence-corrected chi connectivity index (χ4v) is 4.11. The first-order valence-corrected chi connectivity index (χ1v) is 15.7. The van der Waals surface area contributed by atoms with E-state index in [0.717, 1.165) is 32.1 Å². The van der Waals surface area contributed by atoms with E-state index >= 15 is 0 Å². The van der Waals surface area contributed by atoms with Gasteiger partial charge in [-0.2, -0.15) is 0 Å². The number of hydrogen-bond donors (Lipinski definition) is 4. The van der Waals surface area contributed by atoms with E-state index in [1.54, 1.807) is 9.80 Å². The number of unbranched alkanes of at least 4 members (excludes halogenated alkanes) is 8. The van der Waals surface area contributed by atoms with Gasteiger partial charge in [-0.05, 0) is 38.0 Å². The van der Waals surface area contributed by atoms with Crippen LogP contribution in [-0.4, -0.2) is 152 Å². The van der Waals surface area contributed by atoms with Gasteiger partial charge in [0.2, 0.25) is 5.91 Å². The first-order chi connectivity index (χ1) is 20.2. The zero-order chi connectivity index (χ0) is 31.8. The number of aliphatic hydroxyl groups is 2. The Balaban J connectivity index is -0.000000727. The average Bonchev–Trinajstić information content (AvgIpc) is 2.94. The van der Waals surface area contributed by atoms with E-state index in [4.69, 9.17) is 15.3 Å². The molecule has 0 aromatic carbocycles. The van der Waals surface area contributed by atoms with Crippen LogP contribution in [0, 0.1) is 0 Å². The molecule has 0 aliphatic rings. The van der Waals surface area contributed by atoms with Crippen LogP contribution in [0.2, 0.25) is 0 Å². The normalized spacial score (nSPS) is 11.2. The zero-order valence-corrected chi connectivity index (χ0v) is 29.1. The number of carboxylic acid groups (broad SMARTS) is 2. The average molecular weight is 643 g/mol. The van der Waals surface area contributed by atoms with Crippen molar-refractivity contribution >= 4 is 61.5 Å². The topological polar surface area (TPSA) is 189 Å². The predicted molar refractivity (Wildman–Crippen MR) is 167 cm³/mol. The molecule has 248 valence electrons. The summed E-state index contributed by atoms with van der Waals surface area (Å²) in [5.74, 6) is -2.13. The number of aliphatic hydroxyl groups excluding tert-OH is 2. The van der Waals surface area contributed by atoms with Gasteiger partial charge < -0.3 is 40.6 Å². The molecule has 0 spiro atoms. The minimum absolute atomic E-state index is 0. The number of amides is 1. The van der Waals surface area contributed by atoms with Crippen molar-refractivity contribution < 1.29 is 39.9 Å². The Morgan fingerprint density at radius 3 is 1.70 bits per heavy atom. The van der Waals surface area contributed by atoms with Gasteiger partial charge in [-0.3, -0.25) is 19.4 Å². The minimum Gasteiger partial charge on any atom is -0.862 e. The van der Waals surface area contributed by atoms with Crippen LogP contribution in [0.1, 0.15) is 104 Å². The Morgan fingerprint density at radius 1 is 0.698 bits per heavy atom. The molecule has 4 N–H and O–H groups in total. The SMILES string of the molecule is CCCCCCCC(=O)NCCN(CCCO)CC(=O)O.CCCCCCCC([O-])=NCCN(CCCO)CC(=O)[O-].[Ca+2]. The first-order valence-electron chi connectivity index (χ1n) is 15.7. The van der Waals surface area contributed by atoms with Crippen LogP contribution >= 0.6 is 0 Å². The monoisotopic (exact) mass is 642 g/mol. The molecule has 0 aliphatic heterocycles. The Morgan fingerprint density at radius 2 is 1.21 bits per heavy atom. The molecule has 0 radical (unpaired) electrons. The molecule has 0 rings (SSSR count). The number of hydrogen-bond acceptors (Lipinski definition) is 10. The number of carbonyl (C=O) groups excluding carboxylic acids is 2. The third-order valence-electron chi connectivity index (χ3n) is 6.43. The van der Waals surface area contributed by atoms with Gasteiger partial charge in [0.05, 0.1) is 19.1 Å². The third kappa shape index (κ3) is 37.1. The number of aliphatic carboxylic acids is 2. The number of nitrogens with zero attached hydrogens (tertiary/aromatic N) is 3. The van der Waals surface area contributed by atoms with E-state index in [-0.39, 0.29) is 75.8 Å². The fourth-order valence-electron chi connectivity index (χ4n) is 4.11. The maximum Gasteiger partial charge on any atom is 2.00 e. The maximum atomic E-state index is 11.6. The summed E-state index contributed by atoms with van der Waals surface area (Å²) >= 11 is 0. The summed E-state index contributed by atoms with van der Waals surface area (Å²) in [6.07, 6.45) is 13.1. The van der Waals surface area contributed by atoms with Gasteiger partial charge in [-0.25, -0.2) is 0 Å². The molecule has 0 atom stereocenters. The van der Waals surface area contributed by atoms with Crippen LogP contribution < -0.4 is 15.5 Å². The van der Waals surface area contributed by atoms with Crippen LogP contribution in [0.5, 0.6) is 0 Å². The summed E-state index contributed by atoms with van der Waals surface area (Å²) in [7, 11) is 0. The van der Waals surface area contributed by atoms with Crippen LogP contribution in [0.4, 0.5) is 0 Å². The number of carboxylic acids is 2. The predicted octanol–water partition coefficient (Wildman–Crippen LogP) is 0.391. The van der Waals surface area contributed by atoms with Gasteiger partial charge in [0, 0.05) is 58.9 Å². The number of rotatable bonds is 28. The van der Waals surface area contributed by atoms with Crippen molar-refractivity contribution in [3.8, 4) is 0 Å². The third-order valence-corrected chi connectivity index (χ3v) is 6.43. The van der Waals surface area contributed by atoms with Gasteiger partial charge in [0.15, 0.2) is 0 Å². The molecule has 0 fully saturated rings. The van der Waals surface area contributed by atoms with E-state index in [2.05, 4.69) is 24.2 Å². The second-order valence-electron chi connectivity index (χ2n) is 10.4. The van der Waals surface area contributed by atoms with Gasteiger partial charge in [0.25, 0.3) is 0 Å². The molecular weight excluding hydrogens is 584 g/mol. The van der Waals surface area contributed by atoms with Crippen LogP contribution in [0.25, 0.3) is 0 Å². The van der Waals surface area contributed by atoms with Gasteiger partial charge in [-0.15, -0.1) is 0 Å². The van der Waals surface area contributed by atoms with Crippen LogP contribution in [0.15, 0.2) is 4.99 Å². The molecule has 0 aliphatic carbocycles. The number of carbonyl (C=O) groups is 3. The van der Waals surface area contributed by atoms with E-state index < -0.39 is 11.9 Å². The molecule has 43 heavy (non-hydrogen) atoms. The van der Waals surface area contributed by atoms with Crippen molar-refractivity contribution in [2.75, 3.05) is 65.6 Å². The molecule has 0 aromatic rings. The van der Waals surface area contributed by atoms with Crippen molar-refractivity contribution in [1.29, 1.82) is 0 Å². The molecule has 13 heteroatoms. The zero-order valence-electron chi connectivity index (χ0n) is 26.9. The van der Waals surface area contributed by atoms with E-state index in [1.807, 2.05) is 0 Å². The molecule has 12 nitrogen and oxygen atoms in total. The Hall–Kier alpha value is -1.02. The van der Waals surface area contributed by atoms with Crippen LogP contribution in [0.3, 0.4) is 0 Å². The molecule has 0 heterocycles. The molecule has 1 amide bonds. The second-order valence-corrected chi connectivity index (χ2v) is 10.4. The van der Waals surface area contributed by atoms with E-state index in [0.29, 0.717) is 65.0 Å². The van der Waals surface area contributed by atoms with Crippen molar-refractivity contribution in [2.45, 2.75) is 104 Å². The molecule has 0 aromatic heterocycles. The van der Waals surface area contributed by atoms with Crippen molar-refractivity contribution in [3.05, 3.63) is 0 Å². The second kappa shape index (κ2) is 35.5. The Kier molecular flexibility index (Phi) is 38.3. The largest absolute Gasteiger partial charge is 2.00 e. The van der Waals surface area contributed by atoms with Gasteiger partial charge >= 0.3 is 43.7 Å². The quantitative estimate of drug-likeness (QED) is 0.0402. The molecule has 0 bridgehead atoms. The van der Waals surface area contributed by atoms with E-state index in [9.17, 15) is 24.6 Å². The standard InChI is InChI=1S/2C15H30N2O4.Ca/c2*1-2-3-4-5-6-8-14(19)16-9-11-17(10-7-12-18)13-15(20)21;/h2*18H,2-13H2,1H3,(H,16,19)(H,20,21);/q;;+2/p-2. The summed E-state index contributed by atoms with van der Waals surface area (Å²) in [5, 5.41) is 51.3.